The maximum absolute atomic E-state index is 13.0. The minimum Gasteiger partial charge on any atom is -0.493 e. The summed E-state index contributed by atoms with van der Waals surface area (Å²) in [5.74, 6) is -0.718. The quantitative estimate of drug-likeness (QED) is 0.698. The molecule has 26 heavy (non-hydrogen) atoms. The molecule has 2 aromatic carbocycles. The summed E-state index contributed by atoms with van der Waals surface area (Å²) < 4.78 is 6.99. The molecule has 3 rings (SSSR count). The second kappa shape index (κ2) is 6.32. The van der Waals surface area contributed by atoms with Crippen LogP contribution >= 0.6 is 11.6 Å². The highest BCUT2D eigenvalue weighted by Gasteiger charge is 2.21. The summed E-state index contributed by atoms with van der Waals surface area (Å²) in [6.07, 6.45) is 0. The van der Waals surface area contributed by atoms with Gasteiger partial charge in [-0.2, -0.15) is 0 Å². The number of nitrogens with zero attached hydrogens (tertiary/aromatic N) is 1. The number of fused-ring (bicyclic) bond motifs is 2. The number of carbonyl (C=O) groups is 1. The molecule has 5 nitrogen and oxygen atoms in total. The Morgan fingerprint density at radius 3 is 2.42 bits per heavy atom. The van der Waals surface area contributed by atoms with Crippen molar-refractivity contribution in [3.63, 3.8) is 0 Å². The number of halogens is 1. The van der Waals surface area contributed by atoms with Gasteiger partial charge in [0.05, 0.1) is 28.6 Å². The third-order valence-corrected chi connectivity index (χ3v) is 4.79. The van der Waals surface area contributed by atoms with Gasteiger partial charge in [-0.25, -0.2) is 0 Å². The van der Waals surface area contributed by atoms with Gasteiger partial charge in [0.15, 0.2) is 11.2 Å². The lowest BCUT2D eigenvalue weighted by Crippen LogP contribution is -2.18. The zero-order valence-electron chi connectivity index (χ0n) is 15.1. The Hall–Kier alpha value is -2.53. The number of benzene rings is 2. The number of hydrogen-bond donors (Lipinski definition) is 1. The fourth-order valence-electron chi connectivity index (χ4n) is 3.17. The number of methoxy groups -OCH3 is 1. The molecule has 0 amide bonds. The van der Waals surface area contributed by atoms with Crippen LogP contribution in [0.15, 0.2) is 35.1 Å². The highest BCUT2D eigenvalue weighted by Crippen LogP contribution is 2.35. The lowest BCUT2D eigenvalue weighted by atomic mass is 9.86. The lowest BCUT2D eigenvalue weighted by molar-refractivity contribution is -0.137. The van der Waals surface area contributed by atoms with Gasteiger partial charge in [0.25, 0.3) is 0 Å². The van der Waals surface area contributed by atoms with Crippen LogP contribution in [0.4, 0.5) is 0 Å². The second-order valence-electron chi connectivity index (χ2n) is 7.27. The van der Waals surface area contributed by atoms with Gasteiger partial charge in [0, 0.05) is 5.39 Å². The number of pyridine rings is 1. The average molecular weight is 374 g/mol. The molecule has 0 atom stereocenters. The standard InChI is InChI=1S/C20H20ClNO4/c1-20(2,3)11-5-6-12-15(9-11)22(10-16(23)24)17-13(18(12)25)7-8-14(21)19(17)26-4/h5-9H,10H2,1-4H3,(H,23,24). The molecule has 0 bridgehead atoms. The van der Waals surface area contributed by atoms with Crippen LogP contribution in [-0.4, -0.2) is 22.8 Å². The summed E-state index contributed by atoms with van der Waals surface area (Å²) in [4.78, 5) is 24.5. The fourth-order valence-corrected chi connectivity index (χ4v) is 3.40. The summed E-state index contributed by atoms with van der Waals surface area (Å²) >= 11 is 6.23. The third kappa shape index (κ3) is 2.92. The van der Waals surface area contributed by atoms with Gasteiger partial charge in [0.1, 0.15) is 6.54 Å². The van der Waals surface area contributed by atoms with Gasteiger partial charge >= 0.3 is 5.97 Å². The molecule has 0 radical (unpaired) electrons. The van der Waals surface area contributed by atoms with E-state index in [2.05, 4.69) is 20.8 Å². The SMILES string of the molecule is COc1c(Cl)ccc2c(=O)c3ccc(C(C)(C)C)cc3n(CC(=O)O)c12. The van der Waals surface area contributed by atoms with E-state index in [0.717, 1.165) is 5.56 Å². The zero-order chi connectivity index (χ0) is 19.2. The monoisotopic (exact) mass is 373 g/mol. The molecule has 0 saturated heterocycles. The van der Waals surface area contributed by atoms with Crippen LogP contribution in [0.3, 0.4) is 0 Å². The third-order valence-electron chi connectivity index (χ3n) is 4.49. The van der Waals surface area contributed by atoms with Gasteiger partial charge in [-0.3, -0.25) is 9.59 Å². The first-order valence-electron chi connectivity index (χ1n) is 8.20. The van der Waals surface area contributed by atoms with E-state index in [-0.39, 0.29) is 17.4 Å². The minimum atomic E-state index is -1.01. The van der Waals surface area contributed by atoms with Crippen molar-refractivity contribution in [1.29, 1.82) is 0 Å². The number of hydrogen-bond acceptors (Lipinski definition) is 3. The number of aromatic nitrogens is 1. The van der Waals surface area contributed by atoms with Gasteiger partial charge in [-0.15, -0.1) is 0 Å². The van der Waals surface area contributed by atoms with Crippen LogP contribution < -0.4 is 10.2 Å². The van der Waals surface area contributed by atoms with Crippen LogP contribution in [0.2, 0.25) is 5.02 Å². The number of carboxylic acid groups (broad SMARTS) is 1. The summed E-state index contributed by atoms with van der Waals surface area (Å²) in [6, 6.07) is 8.74. The van der Waals surface area contributed by atoms with E-state index in [1.807, 2.05) is 12.1 Å². The fraction of sp³-hybridized carbons (Fsp3) is 0.300. The molecule has 1 heterocycles. The molecule has 6 heteroatoms. The molecule has 0 fully saturated rings. The van der Waals surface area contributed by atoms with Crippen molar-refractivity contribution in [3.8, 4) is 5.75 Å². The van der Waals surface area contributed by atoms with Gasteiger partial charge in [-0.05, 0) is 35.2 Å². The summed E-state index contributed by atoms with van der Waals surface area (Å²) in [6.45, 7) is 5.88. The Balaban J connectivity index is 2.59. The Morgan fingerprint density at radius 2 is 1.85 bits per heavy atom. The van der Waals surface area contributed by atoms with Crippen molar-refractivity contribution < 1.29 is 14.6 Å². The summed E-state index contributed by atoms with van der Waals surface area (Å²) in [7, 11) is 1.45. The smallest absolute Gasteiger partial charge is 0.323 e. The van der Waals surface area contributed by atoms with Crippen LogP contribution in [0, 0.1) is 0 Å². The molecule has 0 unspecified atom stereocenters. The van der Waals surface area contributed by atoms with E-state index >= 15 is 0 Å². The predicted octanol–water partition coefficient (Wildman–Crippen LogP) is 4.20. The minimum absolute atomic E-state index is 0.147. The average Bonchev–Trinajstić information content (AvgIpc) is 2.56. The van der Waals surface area contributed by atoms with Crippen molar-refractivity contribution in [2.24, 2.45) is 0 Å². The highest BCUT2D eigenvalue weighted by molar-refractivity contribution is 6.33. The van der Waals surface area contributed by atoms with Gasteiger partial charge in [0.2, 0.25) is 0 Å². The first-order chi connectivity index (χ1) is 12.1. The van der Waals surface area contributed by atoms with Crippen LogP contribution in [0.25, 0.3) is 21.8 Å². The Bertz CT molecular complexity index is 1090. The van der Waals surface area contributed by atoms with Gasteiger partial charge < -0.3 is 14.4 Å². The Labute approximate surface area is 155 Å². The molecule has 0 aliphatic rings. The number of rotatable bonds is 3. The Kier molecular flexibility index (Phi) is 4.44. The molecular weight excluding hydrogens is 354 g/mol. The summed E-state index contributed by atoms with van der Waals surface area (Å²) in [5.41, 5.74) is 1.63. The molecule has 0 aliphatic carbocycles. The zero-order valence-corrected chi connectivity index (χ0v) is 15.8. The van der Waals surface area contributed by atoms with E-state index in [1.54, 1.807) is 22.8 Å². The van der Waals surface area contributed by atoms with Crippen LogP contribution in [0.5, 0.6) is 5.75 Å². The largest absolute Gasteiger partial charge is 0.493 e. The van der Waals surface area contributed by atoms with Crippen molar-refractivity contribution in [1.82, 2.24) is 4.57 Å². The second-order valence-corrected chi connectivity index (χ2v) is 7.67. The van der Waals surface area contributed by atoms with E-state index in [0.29, 0.717) is 32.6 Å². The summed E-state index contributed by atoms with van der Waals surface area (Å²) in [5, 5.41) is 10.6. The maximum atomic E-state index is 13.0. The molecular formula is C20H20ClNO4. The van der Waals surface area contributed by atoms with Crippen molar-refractivity contribution in [3.05, 3.63) is 51.1 Å². The number of aliphatic carboxylic acids is 1. The molecule has 0 spiro atoms. The number of carboxylic acids is 1. The van der Waals surface area contributed by atoms with E-state index in [9.17, 15) is 14.7 Å². The van der Waals surface area contributed by atoms with Crippen molar-refractivity contribution in [2.45, 2.75) is 32.7 Å². The van der Waals surface area contributed by atoms with E-state index in [4.69, 9.17) is 16.3 Å². The molecule has 3 aromatic rings. The van der Waals surface area contributed by atoms with Crippen molar-refractivity contribution in [2.75, 3.05) is 7.11 Å². The first-order valence-corrected chi connectivity index (χ1v) is 8.58. The molecule has 1 aromatic heterocycles. The molecule has 136 valence electrons. The first kappa shape index (κ1) is 18.3. The predicted molar refractivity (Wildman–Crippen MR) is 104 cm³/mol. The topological polar surface area (TPSA) is 68.5 Å². The van der Waals surface area contributed by atoms with Crippen LogP contribution in [-0.2, 0) is 16.8 Å². The molecule has 1 N–H and O–H groups in total. The van der Waals surface area contributed by atoms with Gasteiger partial charge in [-0.1, -0.05) is 38.4 Å². The van der Waals surface area contributed by atoms with Crippen LogP contribution in [0.1, 0.15) is 26.3 Å². The molecule has 0 saturated carbocycles. The normalized spacial score (nSPS) is 11.9. The van der Waals surface area contributed by atoms with E-state index < -0.39 is 5.97 Å². The lowest BCUT2D eigenvalue weighted by Gasteiger charge is -2.22. The van der Waals surface area contributed by atoms with E-state index in [1.165, 1.54) is 7.11 Å². The Morgan fingerprint density at radius 1 is 1.19 bits per heavy atom. The maximum Gasteiger partial charge on any atom is 0.323 e. The number of ether oxygens (including phenoxy) is 1. The highest BCUT2D eigenvalue weighted by atomic mass is 35.5. The molecule has 0 aliphatic heterocycles. The van der Waals surface area contributed by atoms with Crippen molar-refractivity contribution >= 4 is 39.4 Å².